The molecule has 1 saturated heterocycles. The zero-order valence-electron chi connectivity index (χ0n) is 14.5. The van der Waals surface area contributed by atoms with E-state index in [1.807, 2.05) is 32.9 Å². The zero-order valence-corrected chi connectivity index (χ0v) is 14.5. The van der Waals surface area contributed by atoms with Crippen LogP contribution in [0.1, 0.15) is 33.6 Å². The summed E-state index contributed by atoms with van der Waals surface area (Å²) in [4.78, 5) is 16.7. The Balaban J connectivity index is 1.84. The van der Waals surface area contributed by atoms with Crippen LogP contribution in [-0.2, 0) is 4.74 Å². The number of azide groups is 1. The number of ether oxygens (including phenoxy) is 1. The topological polar surface area (TPSA) is 90.3 Å². The van der Waals surface area contributed by atoms with Gasteiger partial charge in [0.15, 0.2) is 0 Å². The summed E-state index contributed by atoms with van der Waals surface area (Å²) >= 11 is 0. The van der Waals surface area contributed by atoms with Crippen molar-refractivity contribution in [1.29, 1.82) is 0 Å². The van der Waals surface area contributed by atoms with Crippen LogP contribution in [0.5, 0.6) is 0 Å². The molecule has 1 aromatic rings. The molecule has 1 aliphatic heterocycles. The van der Waals surface area contributed by atoms with Crippen LogP contribution < -0.4 is 5.32 Å². The molecular formula is C17H25N5O2. The molecule has 7 nitrogen and oxygen atoms in total. The van der Waals surface area contributed by atoms with E-state index < -0.39 is 5.60 Å². The number of benzene rings is 1. The first-order valence-corrected chi connectivity index (χ1v) is 8.24. The van der Waals surface area contributed by atoms with Crippen LogP contribution in [-0.4, -0.2) is 36.2 Å². The molecule has 7 heteroatoms. The SMILES string of the molecule is CC(C)(C)OC(=O)N1CCCC(CNc2ccc(N=[N+]=[N-])cc2)C1. The van der Waals surface area contributed by atoms with Crippen molar-refractivity contribution in [3.8, 4) is 0 Å². The number of anilines is 1. The minimum absolute atomic E-state index is 0.231. The molecule has 2 rings (SSSR count). The molecule has 1 N–H and O–H groups in total. The van der Waals surface area contributed by atoms with Crippen molar-refractivity contribution in [3.63, 3.8) is 0 Å². The molecule has 1 amide bonds. The fourth-order valence-corrected chi connectivity index (χ4v) is 2.68. The largest absolute Gasteiger partial charge is 0.444 e. The first kappa shape index (κ1) is 17.9. The zero-order chi connectivity index (χ0) is 17.6. The molecule has 0 spiro atoms. The number of piperidine rings is 1. The highest BCUT2D eigenvalue weighted by Gasteiger charge is 2.27. The van der Waals surface area contributed by atoms with Crippen molar-refractivity contribution in [2.45, 2.75) is 39.2 Å². The lowest BCUT2D eigenvalue weighted by Crippen LogP contribution is -2.44. The van der Waals surface area contributed by atoms with Crippen LogP contribution >= 0.6 is 0 Å². The van der Waals surface area contributed by atoms with E-state index in [9.17, 15) is 4.79 Å². The molecule has 0 aliphatic carbocycles. The molecule has 0 bridgehead atoms. The van der Waals surface area contributed by atoms with Crippen molar-refractivity contribution < 1.29 is 9.53 Å². The minimum atomic E-state index is -0.462. The van der Waals surface area contributed by atoms with Crippen molar-refractivity contribution in [2.24, 2.45) is 11.0 Å². The predicted octanol–water partition coefficient (Wildman–Crippen LogP) is 4.69. The second-order valence-electron chi connectivity index (χ2n) is 7.05. The Labute approximate surface area is 142 Å². The van der Waals surface area contributed by atoms with Gasteiger partial charge in [-0.1, -0.05) is 17.2 Å². The van der Waals surface area contributed by atoms with Crippen LogP contribution in [0, 0.1) is 5.92 Å². The van der Waals surface area contributed by atoms with Gasteiger partial charge in [0.1, 0.15) is 5.60 Å². The molecule has 0 radical (unpaired) electrons. The Hall–Kier alpha value is -2.40. The summed E-state index contributed by atoms with van der Waals surface area (Å²) in [6.45, 7) is 7.90. The molecule has 24 heavy (non-hydrogen) atoms. The summed E-state index contributed by atoms with van der Waals surface area (Å²) < 4.78 is 5.45. The van der Waals surface area contributed by atoms with E-state index in [4.69, 9.17) is 10.3 Å². The summed E-state index contributed by atoms with van der Waals surface area (Å²) in [6, 6.07) is 7.32. The average Bonchev–Trinajstić information content (AvgIpc) is 2.53. The Morgan fingerprint density at radius 1 is 1.42 bits per heavy atom. The monoisotopic (exact) mass is 331 g/mol. The molecule has 1 aromatic carbocycles. The second kappa shape index (κ2) is 7.93. The Bertz CT molecular complexity index is 602. The van der Waals surface area contributed by atoms with E-state index in [0.717, 1.165) is 31.6 Å². The van der Waals surface area contributed by atoms with E-state index in [2.05, 4.69) is 15.3 Å². The van der Waals surface area contributed by atoms with Crippen LogP contribution in [0.15, 0.2) is 29.4 Å². The molecule has 130 valence electrons. The highest BCUT2D eigenvalue weighted by molar-refractivity contribution is 5.68. The fraction of sp³-hybridized carbons (Fsp3) is 0.588. The lowest BCUT2D eigenvalue weighted by molar-refractivity contribution is 0.0172. The molecule has 0 saturated carbocycles. The third-order valence-corrected chi connectivity index (χ3v) is 3.79. The van der Waals surface area contributed by atoms with Gasteiger partial charge in [0.05, 0.1) is 0 Å². The molecule has 1 aliphatic rings. The second-order valence-corrected chi connectivity index (χ2v) is 7.05. The number of hydrogen-bond donors (Lipinski definition) is 1. The lowest BCUT2D eigenvalue weighted by Gasteiger charge is -2.34. The normalized spacial score (nSPS) is 17.8. The quantitative estimate of drug-likeness (QED) is 0.493. The maximum atomic E-state index is 12.2. The molecule has 1 fully saturated rings. The maximum absolute atomic E-state index is 12.2. The summed E-state index contributed by atoms with van der Waals surface area (Å²) in [7, 11) is 0. The summed E-state index contributed by atoms with van der Waals surface area (Å²) in [5, 5.41) is 6.93. The number of hydrogen-bond acceptors (Lipinski definition) is 4. The van der Waals surface area contributed by atoms with E-state index in [0.29, 0.717) is 18.2 Å². The number of carbonyl (C=O) groups excluding carboxylic acids is 1. The molecule has 1 unspecified atom stereocenters. The summed E-state index contributed by atoms with van der Waals surface area (Å²) in [5.74, 6) is 0.392. The number of amides is 1. The van der Waals surface area contributed by atoms with Crippen LogP contribution in [0.2, 0.25) is 0 Å². The van der Waals surface area contributed by atoms with Gasteiger partial charge < -0.3 is 15.0 Å². The van der Waals surface area contributed by atoms with E-state index in [1.165, 1.54) is 0 Å². The Morgan fingerprint density at radius 3 is 2.75 bits per heavy atom. The van der Waals surface area contributed by atoms with Crippen molar-refractivity contribution in [3.05, 3.63) is 34.7 Å². The third-order valence-electron chi connectivity index (χ3n) is 3.79. The first-order chi connectivity index (χ1) is 11.4. The van der Waals surface area contributed by atoms with Gasteiger partial charge in [-0.25, -0.2) is 4.79 Å². The average molecular weight is 331 g/mol. The van der Waals surface area contributed by atoms with Crippen molar-refractivity contribution in [2.75, 3.05) is 25.0 Å². The third kappa shape index (κ3) is 5.66. The van der Waals surface area contributed by atoms with Gasteiger partial charge in [-0.05, 0) is 57.2 Å². The fourth-order valence-electron chi connectivity index (χ4n) is 2.68. The van der Waals surface area contributed by atoms with Crippen molar-refractivity contribution >= 4 is 17.5 Å². The number of likely N-dealkylation sites (tertiary alicyclic amines) is 1. The molecule has 0 aromatic heterocycles. The van der Waals surface area contributed by atoms with Gasteiger partial charge >= 0.3 is 6.09 Å². The Kier molecular flexibility index (Phi) is 5.93. The first-order valence-electron chi connectivity index (χ1n) is 8.24. The van der Waals surface area contributed by atoms with Crippen LogP contribution in [0.4, 0.5) is 16.2 Å². The number of carbonyl (C=O) groups is 1. The van der Waals surface area contributed by atoms with Gasteiger partial charge in [0.25, 0.3) is 0 Å². The Morgan fingerprint density at radius 2 is 2.12 bits per heavy atom. The maximum Gasteiger partial charge on any atom is 0.410 e. The van der Waals surface area contributed by atoms with Gasteiger partial charge in [-0.15, -0.1) is 0 Å². The molecule has 1 heterocycles. The van der Waals surface area contributed by atoms with E-state index in [1.54, 1.807) is 17.0 Å². The number of rotatable bonds is 4. The predicted molar refractivity (Wildman–Crippen MR) is 94.3 cm³/mol. The van der Waals surface area contributed by atoms with Gasteiger partial charge in [0.2, 0.25) is 0 Å². The molecule has 1 atom stereocenters. The highest BCUT2D eigenvalue weighted by atomic mass is 16.6. The number of nitrogens with zero attached hydrogens (tertiary/aromatic N) is 4. The van der Waals surface area contributed by atoms with E-state index >= 15 is 0 Å². The smallest absolute Gasteiger partial charge is 0.410 e. The number of nitrogens with one attached hydrogen (secondary N) is 1. The highest BCUT2D eigenvalue weighted by Crippen LogP contribution is 2.21. The van der Waals surface area contributed by atoms with Gasteiger partial charge in [-0.2, -0.15) is 0 Å². The lowest BCUT2D eigenvalue weighted by atomic mass is 9.98. The standard InChI is InChI=1S/C17H25N5O2/c1-17(2,3)24-16(23)22-10-4-5-13(12-22)11-19-14-6-8-15(9-7-14)20-21-18/h6-9,13,19H,4-5,10-12H2,1-3H3. The van der Waals surface area contributed by atoms with Gasteiger partial charge in [-0.3, -0.25) is 0 Å². The van der Waals surface area contributed by atoms with Gasteiger partial charge in [0, 0.05) is 35.9 Å². The van der Waals surface area contributed by atoms with E-state index in [-0.39, 0.29) is 6.09 Å². The van der Waals surface area contributed by atoms with Crippen molar-refractivity contribution in [1.82, 2.24) is 4.90 Å². The van der Waals surface area contributed by atoms with Crippen LogP contribution in [0.3, 0.4) is 0 Å². The minimum Gasteiger partial charge on any atom is -0.444 e. The van der Waals surface area contributed by atoms with Crippen LogP contribution in [0.25, 0.3) is 10.4 Å². The summed E-state index contributed by atoms with van der Waals surface area (Å²) in [6.07, 6.45) is 1.84. The summed E-state index contributed by atoms with van der Waals surface area (Å²) in [5.41, 5.74) is 9.51. The molecular weight excluding hydrogens is 306 g/mol.